The molecule has 1 aromatic rings. The van der Waals surface area contributed by atoms with Gasteiger partial charge in [-0.1, -0.05) is 11.8 Å². The lowest BCUT2D eigenvalue weighted by Gasteiger charge is -2.22. The summed E-state index contributed by atoms with van der Waals surface area (Å²) in [4.78, 5) is 28.0. The third-order valence-corrected chi connectivity index (χ3v) is 3.85. The Morgan fingerprint density at radius 1 is 1.54 bits per heavy atom. The Hall–Kier alpha value is -2.41. The molecule has 9 nitrogen and oxygen atoms in total. The van der Waals surface area contributed by atoms with Crippen molar-refractivity contribution < 1.29 is 19.4 Å². The fraction of sp³-hybridized carbons (Fsp3) is 0.588. The lowest BCUT2D eigenvalue weighted by Crippen LogP contribution is -2.34. The molecule has 1 aromatic heterocycles. The maximum absolute atomic E-state index is 12.2. The molecule has 9 heteroatoms. The first-order chi connectivity index (χ1) is 12.2. The second kappa shape index (κ2) is 7.86. The van der Waals surface area contributed by atoms with E-state index in [1.807, 2.05) is 0 Å². The van der Waals surface area contributed by atoms with Crippen LogP contribution in [0.15, 0.2) is 11.0 Å². The minimum atomic E-state index is -0.760. The Labute approximate surface area is 151 Å². The summed E-state index contributed by atoms with van der Waals surface area (Å²) in [6, 6.07) is 0. The first-order valence-corrected chi connectivity index (χ1v) is 8.22. The highest BCUT2D eigenvalue weighted by molar-refractivity contribution is 5.75. The zero-order valence-electron chi connectivity index (χ0n) is 15.1. The van der Waals surface area contributed by atoms with E-state index in [0.717, 1.165) is 0 Å². The number of nitrogen functional groups attached to an aromatic ring is 1. The van der Waals surface area contributed by atoms with Crippen LogP contribution < -0.4 is 17.2 Å². The van der Waals surface area contributed by atoms with Gasteiger partial charge in [0.05, 0.1) is 24.1 Å². The summed E-state index contributed by atoms with van der Waals surface area (Å²) in [5.41, 5.74) is 10.1. The molecule has 2 heterocycles. The molecular weight excluding hydrogens is 340 g/mol. The summed E-state index contributed by atoms with van der Waals surface area (Å²) in [5.74, 6) is 4.97. The van der Waals surface area contributed by atoms with Gasteiger partial charge in [-0.05, 0) is 20.8 Å². The monoisotopic (exact) mass is 364 g/mol. The predicted molar refractivity (Wildman–Crippen MR) is 93.8 cm³/mol. The average molecular weight is 364 g/mol. The van der Waals surface area contributed by atoms with E-state index in [1.54, 1.807) is 20.8 Å². The summed E-state index contributed by atoms with van der Waals surface area (Å²) >= 11 is 0. The van der Waals surface area contributed by atoms with Crippen molar-refractivity contribution in [3.8, 4) is 11.8 Å². The standard InChI is InChI=1S/C17H24N4O5/c1-17(2,3)15(23)26-11-7-13(25-12(11)9-22)21-8-10(5-4-6-18)14(19)20-16(21)24/h8,11-13,22H,6-7,9,18H2,1-3H3,(H2,19,20,24)/t11-,12+,13+/m0/s1. The van der Waals surface area contributed by atoms with E-state index in [2.05, 4.69) is 16.8 Å². The number of ether oxygens (including phenoxy) is 2. The van der Waals surface area contributed by atoms with Crippen LogP contribution in [0.2, 0.25) is 0 Å². The Morgan fingerprint density at radius 3 is 2.81 bits per heavy atom. The van der Waals surface area contributed by atoms with E-state index in [-0.39, 0.29) is 25.4 Å². The number of anilines is 1. The molecule has 0 saturated carbocycles. The fourth-order valence-corrected chi connectivity index (χ4v) is 2.40. The molecule has 26 heavy (non-hydrogen) atoms. The molecule has 0 radical (unpaired) electrons. The van der Waals surface area contributed by atoms with Crippen LogP contribution in [0.4, 0.5) is 5.82 Å². The Morgan fingerprint density at radius 2 is 2.23 bits per heavy atom. The van der Waals surface area contributed by atoms with Gasteiger partial charge in [-0.15, -0.1) is 0 Å². The van der Waals surface area contributed by atoms with Crippen molar-refractivity contribution >= 4 is 11.8 Å². The van der Waals surface area contributed by atoms with Gasteiger partial charge in [0.15, 0.2) is 0 Å². The van der Waals surface area contributed by atoms with E-state index >= 15 is 0 Å². The van der Waals surface area contributed by atoms with Crippen LogP contribution in [0.5, 0.6) is 0 Å². The van der Waals surface area contributed by atoms with Crippen molar-refractivity contribution in [2.75, 3.05) is 18.9 Å². The molecule has 0 unspecified atom stereocenters. The molecule has 0 spiro atoms. The van der Waals surface area contributed by atoms with Crippen LogP contribution in [-0.4, -0.2) is 46.0 Å². The molecule has 142 valence electrons. The first-order valence-electron chi connectivity index (χ1n) is 8.22. The molecule has 1 aliphatic heterocycles. The van der Waals surface area contributed by atoms with Gasteiger partial charge >= 0.3 is 11.7 Å². The van der Waals surface area contributed by atoms with Crippen molar-refractivity contribution in [3.05, 3.63) is 22.2 Å². The quantitative estimate of drug-likeness (QED) is 0.475. The second-order valence-corrected chi connectivity index (χ2v) is 6.98. The number of hydrogen-bond donors (Lipinski definition) is 3. The zero-order chi connectivity index (χ0) is 19.5. The molecular formula is C17H24N4O5. The highest BCUT2D eigenvalue weighted by Crippen LogP contribution is 2.31. The molecule has 0 bridgehead atoms. The number of esters is 1. The van der Waals surface area contributed by atoms with Gasteiger partial charge in [-0.2, -0.15) is 4.98 Å². The molecule has 5 N–H and O–H groups in total. The van der Waals surface area contributed by atoms with Gasteiger partial charge in [0.25, 0.3) is 0 Å². The van der Waals surface area contributed by atoms with Crippen molar-refractivity contribution in [2.24, 2.45) is 11.1 Å². The van der Waals surface area contributed by atoms with E-state index in [1.165, 1.54) is 10.8 Å². The number of rotatable bonds is 3. The van der Waals surface area contributed by atoms with Gasteiger partial charge in [0, 0.05) is 12.6 Å². The fourth-order valence-electron chi connectivity index (χ4n) is 2.40. The number of aliphatic hydroxyl groups excluding tert-OH is 1. The molecule has 3 atom stereocenters. The lowest BCUT2D eigenvalue weighted by molar-refractivity contribution is -0.162. The van der Waals surface area contributed by atoms with Gasteiger partial charge in [-0.3, -0.25) is 9.36 Å². The summed E-state index contributed by atoms with van der Waals surface area (Å²) in [6.07, 6.45) is -0.555. The molecule has 0 aromatic carbocycles. The number of aliphatic hydroxyl groups is 1. The van der Waals surface area contributed by atoms with Gasteiger partial charge in [-0.25, -0.2) is 4.79 Å². The summed E-state index contributed by atoms with van der Waals surface area (Å²) in [6.45, 7) is 4.97. The summed E-state index contributed by atoms with van der Waals surface area (Å²) in [5, 5.41) is 9.53. The minimum absolute atomic E-state index is 0.000356. The van der Waals surface area contributed by atoms with Gasteiger partial charge in [0.2, 0.25) is 0 Å². The van der Waals surface area contributed by atoms with Crippen molar-refractivity contribution in [2.45, 2.75) is 45.6 Å². The molecule has 1 saturated heterocycles. The number of carbonyl (C=O) groups excluding carboxylic acids is 1. The molecule has 1 fully saturated rings. The second-order valence-electron chi connectivity index (χ2n) is 6.98. The Balaban J connectivity index is 2.27. The first kappa shape index (κ1) is 19.9. The predicted octanol–water partition coefficient (Wildman–Crippen LogP) is -0.627. The lowest BCUT2D eigenvalue weighted by atomic mass is 9.97. The summed E-state index contributed by atoms with van der Waals surface area (Å²) < 4.78 is 12.4. The van der Waals surface area contributed by atoms with Crippen LogP contribution in [0, 0.1) is 17.3 Å². The molecule has 1 aliphatic rings. The normalized spacial score (nSPS) is 22.6. The maximum Gasteiger partial charge on any atom is 0.351 e. The van der Waals surface area contributed by atoms with Crippen LogP contribution in [0.25, 0.3) is 0 Å². The number of hydrogen-bond acceptors (Lipinski definition) is 8. The number of carbonyl (C=O) groups is 1. The topological polar surface area (TPSA) is 143 Å². The van der Waals surface area contributed by atoms with Crippen molar-refractivity contribution in [1.29, 1.82) is 0 Å². The van der Waals surface area contributed by atoms with Crippen LogP contribution >= 0.6 is 0 Å². The third-order valence-electron chi connectivity index (χ3n) is 3.85. The third kappa shape index (κ3) is 4.40. The zero-order valence-corrected chi connectivity index (χ0v) is 15.1. The van der Waals surface area contributed by atoms with E-state index < -0.39 is 35.5 Å². The number of aromatic nitrogens is 2. The maximum atomic E-state index is 12.2. The number of nitrogens with zero attached hydrogens (tertiary/aromatic N) is 2. The van der Waals surface area contributed by atoms with Crippen LogP contribution in [0.3, 0.4) is 0 Å². The molecule has 0 amide bonds. The van der Waals surface area contributed by atoms with E-state index in [0.29, 0.717) is 5.56 Å². The minimum Gasteiger partial charge on any atom is -0.459 e. The van der Waals surface area contributed by atoms with E-state index in [4.69, 9.17) is 20.9 Å². The highest BCUT2D eigenvalue weighted by Gasteiger charge is 2.40. The van der Waals surface area contributed by atoms with Crippen LogP contribution in [-0.2, 0) is 14.3 Å². The Kier molecular flexibility index (Phi) is 6.02. The largest absolute Gasteiger partial charge is 0.459 e. The Bertz CT molecular complexity index is 787. The summed E-state index contributed by atoms with van der Waals surface area (Å²) in [7, 11) is 0. The number of nitrogens with two attached hydrogens (primary N) is 2. The smallest absolute Gasteiger partial charge is 0.351 e. The highest BCUT2D eigenvalue weighted by atomic mass is 16.6. The van der Waals surface area contributed by atoms with Gasteiger partial charge < -0.3 is 26.0 Å². The van der Waals surface area contributed by atoms with E-state index in [9.17, 15) is 14.7 Å². The van der Waals surface area contributed by atoms with Crippen LogP contribution in [0.1, 0.15) is 39.0 Å². The average Bonchev–Trinajstić information content (AvgIpc) is 2.95. The molecule has 0 aliphatic carbocycles. The molecule has 2 rings (SSSR count). The van der Waals surface area contributed by atoms with Gasteiger partial charge in [0.1, 0.15) is 24.3 Å². The SMILES string of the molecule is CC(C)(C)C(=O)O[C@H]1C[C@H](n2cc(C#CCN)c(N)nc2=O)O[C@@H]1CO. The van der Waals surface area contributed by atoms with Crippen molar-refractivity contribution in [3.63, 3.8) is 0 Å². The van der Waals surface area contributed by atoms with Crippen molar-refractivity contribution in [1.82, 2.24) is 9.55 Å².